The first-order valence-corrected chi connectivity index (χ1v) is 7.03. The van der Waals surface area contributed by atoms with Crippen LogP contribution in [0.3, 0.4) is 0 Å². The summed E-state index contributed by atoms with van der Waals surface area (Å²) in [6, 6.07) is 0. The fourth-order valence-corrected chi connectivity index (χ4v) is 1.27. The zero-order valence-electron chi connectivity index (χ0n) is 12.5. The highest BCUT2D eigenvalue weighted by atomic mass is 31.2. The lowest BCUT2D eigenvalue weighted by atomic mass is 10.2. The van der Waals surface area contributed by atoms with E-state index in [4.69, 9.17) is 14.9 Å². The van der Waals surface area contributed by atoms with Crippen molar-refractivity contribution in [3.05, 3.63) is 0 Å². The Kier molecular flexibility index (Phi) is 19.3. The lowest BCUT2D eigenvalue weighted by molar-refractivity contribution is -0.145. The third kappa shape index (κ3) is 22.7. The number of carbonyl (C=O) groups excluding carboxylic acids is 2. The van der Waals surface area contributed by atoms with Crippen molar-refractivity contribution < 1.29 is 47.8 Å². The van der Waals surface area contributed by atoms with Crippen LogP contribution in [0, 0.1) is 0 Å². The van der Waals surface area contributed by atoms with E-state index in [-0.39, 0.29) is 37.9 Å². The summed E-state index contributed by atoms with van der Waals surface area (Å²) in [7, 11) is -4.95. The van der Waals surface area contributed by atoms with Crippen LogP contribution in [0.15, 0.2) is 0 Å². The minimum atomic E-state index is -4.95. The number of esters is 1. The molecule has 0 aromatic rings. The molecule has 0 saturated carbocycles. The van der Waals surface area contributed by atoms with Crippen LogP contribution in [-0.4, -0.2) is 46.2 Å². The maximum atomic E-state index is 11.1. The Bertz CT molecular complexity index is 399. The van der Waals surface area contributed by atoms with Gasteiger partial charge in [-0.05, 0) is 12.8 Å². The van der Waals surface area contributed by atoms with Gasteiger partial charge in [0, 0.05) is 12.8 Å². The maximum absolute atomic E-state index is 11.1. The fraction of sp³-hybridized carbons (Fsp3) is 0.667. The molecule has 13 nitrogen and oxygen atoms in total. The topological polar surface area (TPSA) is 262 Å². The minimum absolute atomic E-state index is 0. The zero-order chi connectivity index (χ0) is 15.6. The second-order valence-corrected chi connectivity index (χ2v) is 4.67. The summed E-state index contributed by atoms with van der Waals surface area (Å²) in [4.78, 5) is 48.4. The van der Waals surface area contributed by atoms with Gasteiger partial charge in [0.05, 0.1) is 0 Å². The molecule has 0 amide bonds. The van der Waals surface area contributed by atoms with E-state index in [0.717, 1.165) is 0 Å². The average Bonchev–Trinajstić information content (AvgIpc) is 2.28. The summed E-state index contributed by atoms with van der Waals surface area (Å²) in [6.45, 7) is -0.715. The van der Waals surface area contributed by atoms with Crippen molar-refractivity contribution in [1.82, 2.24) is 18.5 Å². The van der Waals surface area contributed by atoms with Crippen LogP contribution < -0.4 is 18.5 Å². The normalized spacial score (nSPS) is 9.30. The van der Waals surface area contributed by atoms with Gasteiger partial charge in [0.2, 0.25) is 0 Å². The summed E-state index contributed by atoms with van der Waals surface area (Å²) in [5.74, 6) is -1.54. The Balaban J connectivity index is -0.000000602. The van der Waals surface area contributed by atoms with Gasteiger partial charge in [-0.25, -0.2) is 9.36 Å². The molecule has 0 aliphatic carbocycles. The molecule has 14 heteroatoms. The van der Waals surface area contributed by atoms with Crippen molar-refractivity contribution >= 4 is 25.9 Å². The smallest absolute Gasteiger partial charge is 0.481 e. The number of carbonyl (C=O) groups is 3. The highest BCUT2D eigenvalue weighted by Gasteiger charge is 2.21. The van der Waals surface area contributed by atoms with E-state index in [1.54, 1.807) is 0 Å². The fourth-order valence-electron chi connectivity index (χ4n) is 1.02. The first-order valence-electron chi connectivity index (χ1n) is 5.50. The summed E-state index contributed by atoms with van der Waals surface area (Å²) in [5, 5.41) is 8.35. The molecule has 23 heavy (non-hydrogen) atoms. The van der Waals surface area contributed by atoms with Crippen LogP contribution in [0.4, 0.5) is 4.79 Å². The van der Waals surface area contributed by atoms with Gasteiger partial charge < -0.3 is 37.6 Å². The highest BCUT2D eigenvalue weighted by Crippen LogP contribution is 2.36. The van der Waals surface area contributed by atoms with Crippen molar-refractivity contribution in [3.8, 4) is 0 Å². The number of hydrogen-bond donors (Lipinski definition) is 6. The predicted octanol–water partition coefficient (Wildman–Crippen LogP) is 0.906. The van der Waals surface area contributed by atoms with E-state index in [1.807, 2.05) is 0 Å². The van der Waals surface area contributed by atoms with Crippen molar-refractivity contribution in [1.29, 1.82) is 0 Å². The molecule has 0 saturated heterocycles. The Hall–Kier alpha value is -1.76. The summed E-state index contributed by atoms with van der Waals surface area (Å²) < 4.78 is 22.6. The van der Waals surface area contributed by atoms with Crippen molar-refractivity contribution in [2.75, 3.05) is 13.2 Å². The van der Waals surface area contributed by atoms with E-state index in [0.29, 0.717) is 12.8 Å². The number of rotatable bonds is 9. The molecule has 0 aromatic carbocycles. The third-order valence-corrected chi connectivity index (χ3v) is 2.17. The van der Waals surface area contributed by atoms with Crippen LogP contribution in [-0.2, 0) is 28.2 Å². The van der Waals surface area contributed by atoms with Crippen molar-refractivity contribution in [2.45, 2.75) is 25.7 Å². The van der Waals surface area contributed by atoms with Gasteiger partial charge in [-0.3, -0.25) is 19.4 Å². The Morgan fingerprint density at radius 1 is 0.870 bits per heavy atom. The van der Waals surface area contributed by atoms with Gasteiger partial charge in [0.1, 0.15) is 13.2 Å². The zero-order valence-corrected chi connectivity index (χ0v) is 13.4. The van der Waals surface area contributed by atoms with Crippen molar-refractivity contribution in [3.63, 3.8) is 0 Å². The molecule has 0 aliphatic heterocycles. The van der Waals surface area contributed by atoms with Crippen LogP contribution in [0.5, 0.6) is 0 Å². The van der Waals surface area contributed by atoms with Crippen molar-refractivity contribution in [2.24, 2.45) is 0 Å². The number of carboxylic acids is 1. The van der Waals surface area contributed by atoms with Gasteiger partial charge in [0.15, 0.2) is 0 Å². The molecule has 12 N–H and O–H groups in total. The molecular formula is C9H24N3O10P. The van der Waals surface area contributed by atoms with Crippen LogP contribution in [0.1, 0.15) is 25.7 Å². The SMILES string of the molecule is N.N.N.O=C(O)CCCCC(=O)OCCOC(=O)OP(=O)(O)O. The highest BCUT2D eigenvalue weighted by molar-refractivity contribution is 7.46. The number of phosphoric acid groups is 1. The first kappa shape index (κ1) is 29.3. The lowest BCUT2D eigenvalue weighted by Crippen LogP contribution is -2.14. The molecule has 0 aliphatic rings. The van der Waals surface area contributed by atoms with E-state index in [9.17, 15) is 18.9 Å². The molecule has 0 bridgehead atoms. The Morgan fingerprint density at radius 3 is 1.83 bits per heavy atom. The van der Waals surface area contributed by atoms with E-state index >= 15 is 0 Å². The summed E-state index contributed by atoms with van der Waals surface area (Å²) >= 11 is 0. The number of ether oxygens (including phenoxy) is 2. The van der Waals surface area contributed by atoms with E-state index < -0.39 is 32.5 Å². The monoisotopic (exact) mass is 365 g/mol. The summed E-state index contributed by atoms with van der Waals surface area (Å²) in [5.41, 5.74) is 0. The van der Waals surface area contributed by atoms with Crippen LogP contribution >= 0.6 is 7.82 Å². The molecule has 0 spiro atoms. The summed E-state index contributed by atoms with van der Waals surface area (Å²) in [6.07, 6.45) is -0.886. The Morgan fingerprint density at radius 2 is 1.35 bits per heavy atom. The number of carboxylic acid groups (broad SMARTS) is 1. The number of hydrogen-bond acceptors (Lipinski definition) is 10. The molecule has 0 radical (unpaired) electrons. The molecule has 140 valence electrons. The first-order chi connectivity index (χ1) is 9.20. The quantitative estimate of drug-likeness (QED) is 0.188. The van der Waals surface area contributed by atoms with Gasteiger partial charge >= 0.3 is 25.9 Å². The van der Waals surface area contributed by atoms with E-state index in [1.165, 1.54) is 0 Å². The number of unbranched alkanes of at least 4 members (excludes halogenated alkanes) is 1. The molecular weight excluding hydrogens is 341 g/mol. The molecule has 0 rings (SSSR count). The van der Waals surface area contributed by atoms with Gasteiger partial charge in [0.25, 0.3) is 0 Å². The number of aliphatic carboxylic acids is 1. The van der Waals surface area contributed by atoms with Crippen LogP contribution in [0.2, 0.25) is 0 Å². The van der Waals surface area contributed by atoms with Gasteiger partial charge in [-0.1, -0.05) is 0 Å². The molecule has 0 unspecified atom stereocenters. The maximum Gasteiger partial charge on any atom is 0.529 e. The third-order valence-electron chi connectivity index (χ3n) is 1.78. The van der Waals surface area contributed by atoms with E-state index in [2.05, 4.69) is 14.0 Å². The molecule has 0 heterocycles. The average molecular weight is 365 g/mol. The predicted molar refractivity (Wildman–Crippen MR) is 76.6 cm³/mol. The second kappa shape index (κ2) is 15.1. The van der Waals surface area contributed by atoms with Gasteiger partial charge in [-0.15, -0.1) is 0 Å². The Labute approximate surface area is 132 Å². The standard InChI is InChI=1S/C9H15O10P.3H3N/c10-7(11)3-1-2-4-8(12)17-5-6-18-9(13)19-20(14,15)16;;;/h1-6H2,(H,10,11)(H2,14,15,16);3*1H3. The molecule has 0 atom stereocenters. The largest absolute Gasteiger partial charge is 0.529 e. The second-order valence-electron chi connectivity index (χ2n) is 3.50. The van der Waals surface area contributed by atoms with Gasteiger partial charge in [-0.2, -0.15) is 0 Å². The lowest BCUT2D eigenvalue weighted by Gasteiger charge is -2.07. The molecule has 0 fully saturated rings. The minimum Gasteiger partial charge on any atom is -0.481 e. The van der Waals surface area contributed by atoms with Crippen LogP contribution in [0.25, 0.3) is 0 Å². The molecule has 0 aromatic heterocycles. The number of phosphoric ester groups is 1.